The molecule has 0 bridgehead atoms. The number of nitrogens with one attached hydrogen (secondary N) is 2. The van der Waals surface area contributed by atoms with E-state index in [2.05, 4.69) is 12.1 Å². The second-order valence-electron chi connectivity index (χ2n) is 8.16. The highest BCUT2D eigenvalue weighted by Crippen LogP contribution is 2.28. The first-order chi connectivity index (χ1) is 11.7. The summed E-state index contributed by atoms with van der Waals surface area (Å²) in [6.07, 6.45) is 10.1. The van der Waals surface area contributed by atoms with Crippen LogP contribution in [0.1, 0.15) is 50.5 Å². The van der Waals surface area contributed by atoms with Gasteiger partial charge in [-0.25, -0.2) is 0 Å². The molecule has 0 spiro atoms. The average molecular weight is 369 g/mol. The Labute approximate surface area is 156 Å². The molecule has 0 radical (unpaired) electrons. The predicted molar refractivity (Wildman–Crippen MR) is 100 cm³/mol. The number of fused-ring (bicyclic) bond motifs is 1. The highest BCUT2D eigenvalue weighted by atomic mass is 35.5. The standard InChI is InChI=1S/C20H28Cl2N2/c21-17-9-8-15(13-18(17)22)14-24-12-11-23-10-4-7-19(23)20(24)16-5-2-1-3-6-16/h8-9,13,16,19-20H,1-7,10-12,14H2/p+2/t19-,20+/m1/s1. The smallest absolute Gasteiger partial charge is 0.143 e. The van der Waals surface area contributed by atoms with E-state index in [1.807, 2.05) is 15.9 Å². The molecule has 1 aromatic carbocycles. The molecule has 2 saturated heterocycles. The molecule has 2 N–H and O–H groups in total. The molecule has 0 amide bonds. The van der Waals surface area contributed by atoms with E-state index >= 15 is 0 Å². The van der Waals surface area contributed by atoms with Crippen molar-refractivity contribution in [3.8, 4) is 0 Å². The minimum atomic E-state index is 0.671. The van der Waals surface area contributed by atoms with Crippen molar-refractivity contribution in [3.63, 3.8) is 0 Å². The van der Waals surface area contributed by atoms with Crippen molar-refractivity contribution >= 4 is 23.2 Å². The summed E-state index contributed by atoms with van der Waals surface area (Å²) >= 11 is 12.4. The first-order valence-corrected chi connectivity index (χ1v) is 10.6. The van der Waals surface area contributed by atoms with Crippen LogP contribution in [0.2, 0.25) is 10.0 Å². The molecule has 1 saturated carbocycles. The van der Waals surface area contributed by atoms with Crippen LogP contribution in [0.4, 0.5) is 0 Å². The van der Waals surface area contributed by atoms with Crippen LogP contribution in [0.15, 0.2) is 18.2 Å². The number of halogens is 2. The lowest BCUT2D eigenvalue weighted by molar-refractivity contribution is -1.05. The molecule has 2 nitrogen and oxygen atoms in total. The summed E-state index contributed by atoms with van der Waals surface area (Å²) in [5, 5.41) is 1.37. The van der Waals surface area contributed by atoms with Gasteiger partial charge in [-0.05, 0) is 25.0 Å². The largest absolute Gasteiger partial charge is 0.323 e. The topological polar surface area (TPSA) is 8.88 Å². The van der Waals surface area contributed by atoms with E-state index in [0.717, 1.165) is 24.5 Å². The van der Waals surface area contributed by atoms with Gasteiger partial charge in [-0.3, -0.25) is 0 Å². The van der Waals surface area contributed by atoms with Crippen LogP contribution in [0.3, 0.4) is 0 Å². The fourth-order valence-electron chi connectivity index (χ4n) is 5.73. The minimum absolute atomic E-state index is 0.671. The lowest BCUT2D eigenvalue weighted by atomic mass is 9.78. The molecule has 3 fully saturated rings. The lowest BCUT2D eigenvalue weighted by Gasteiger charge is -2.44. The summed E-state index contributed by atoms with van der Waals surface area (Å²) in [5.41, 5.74) is 1.35. The summed E-state index contributed by atoms with van der Waals surface area (Å²) in [4.78, 5) is 3.72. The SMILES string of the molecule is Clc1ccc(C[NH+]2CC[NH+]3CCC[C@@H]3[C@@H]2C2CCCCC2)cc1Cl. The van der Waals surface area contributed by atoms with Crippen molar-refractivity contribution in [1.82, 2.24) is 0 Å². The van der Waals surface area contributed by atoms with Crippen LogP contribution in [0.5, 0.6) is 0 Å². The van der Waals surface area contributed by atoms with Crippen molar-refractivity contribution in [1.29, 1.82) is 0 Å². The number of quaternary nitrogens is 2. The Morgan fingerprint density at radius 3 is 2.50 bits per heavy atom. The zero-order valence-electron chi connectivity index (χ0n) is 14.5. The molecule has 0 aromatic heterocycles. The van der Waals surface area contributed by atoms with E-state index in [4.69, 9.17) is 23.2 Å². The van der Waals surface area contributed by atoms with Crippen molar-refractivity contribution in [2.24, 2.45) is 5.92 Å². The quantitative estimate of drug-likeness (QED) is 0.810. The normalized spacial score (nSPS) is 34.2. The third kappa shape index (κ3) is 3.49. The summed E-state index contributed by atoms with van der Waals surface area (Å²) in [6, 6.07) is 7.98. The monoisotopic (exact) mass is 368 g/mol. The average Bonchev–Trinajstić information content (AvgIpc) is 3.07. The maximum atomic E-state index is 6.26. The Bertz CT molecular complexity index is 571. The summed E-state index contributed by atoms with van der Waals surface area (Å²) < 4.78 is 0. The van der Waals surface area contributed by atoms with E-state index in [-0.39, 0.29) is 0 Å². The zero-order valence-corrected chi connectivity index (χ0v) is 16.0. The Kier molecular flexibility index (Phi) is 5.38. The first kappa shape index (κ1) is 17.1. The van der Waals surface area contributed by atoms with Crippen molar-refractivity contribution in [2.75, 3.05) is 19.6 Å². The molecule has 2 heterocycles. The fourth-order valence-corrected chi connectivity index (χ4v) is 6.05. The third-order valence-electron chi connectivity index (χ3n) is 6.78. The Morgan fingerprint density at radius 2 is 1.71 bits per heavy atom. The second kappa shape index (κ2) is 7.53. The van der Waals surface area contributed by atoms with Crippen molar-refractivity contribution < 1.29 is 9.80 Å². The predicted octanol–water partition coefficient (Wildman–Crippen LogP) is 2.39. The lowest BCUT2D eigenvalue weighted by Crippen LogP contribution is -3.32. The van der Waals surface area contributed by atoms with Gasteiger partial charge < -0.3 is 9.80 Å². The molecule has 1 aromatic rings. The van der Waals surface area contributed by atoms with Crippen LogP contribution in [0.25, 0.3) is 0 Å². The van der Waals surface area contributed by atoms with E-state index < -0.39 is 0 Å². The highest BCUT2D eigenvalue weighted by Gasteiger charge is 2.49. The molecule has 3 aliphatic rings. The molecule has 2 unspecified atom stereocenters. The van der Waals surface area contributed by atoms with Gasteiger partial charge in [0.05, 0.1) is 16.6 Å². The van der Waals surface area contributed by atoms with Gasteiger partial charge in [0.25, 0.3) is 0 Å². The maximum absolute atomic E-state index is 6.26. The van der Waals surface area contributed by atoms with Gasteiger partial charge in [0, 0.05) is 24.3 Å². The number of rotatable bonds is 3. The minimum Gasteiger partial charge on any atom is -0.323 e. The van der Waals surface area contributed by atoms with Crippen molar-refractivity contribution in [3.05, 3.63) is 33.8 Å². The number of benzene rings is 1. The van der Waals surface area contributed by atoms with Crippen LogP contribution >= 0.6 is 23.2 Å². The van der Waals surface area contributed by atoms with E-state index in [0.29, 0.717) is 10.0 Å². The first-order valence-electron chi connectivity index (χ1n) is 9.85. The van der Waals surface area contributed by atoms with Gasteiger partial charge >= 0.3 is 0 Å². The number of piperazine rings is 1. The van der Waals surface area contributed by atoms with Gasteiger partial charge in [0.15, 0.2) is 0 Å². The Hall–Kier alpha value is -0.280. The molecule has 2 aliphatic heterocycles. The van der Waals surface area contributed by atoms with Gasteiger partial charge in [0.1, 0.15) is 31.7 Å². The number of hydrogen-bond donors (Lipinski definition) is 2. The third-order valence-corrected chi connectivity index (χ3v) is 7.52. The summed E-state index contributed by atoms with van der Waals surface area (Å²) in [6.45, 7) is 5.19. The second-order valence-corrected chi connectivity index (χ2v) is 8.98. The molecule has 4 atom stereocenters. The van der Waals surface area contributed by atoms with Crippen LogP contribution in [0, 0.1) is 5.92 Å². The summed E-state index contributed by atoms with van der Waals surface area (Å²) in [7, 11) is 0. The zero-order chi connectivity index (χ0) is 16.5. The van der Waals surface area contributed by atoms with Crippen LogP contribution in [-0.4, -0.2) is 31.7 Å². The van der Waals surface area contributed by atoms with Gasteiger partial charge in [0.2, 0.25) is 0 Å². The maximum Gasteiger partial charge on any atom is 0.143 e. The van der Waals surface area contributed by atoms with Gasteiger partial charge in [-0.1, -0.05) is 48.5 Å². The molecular weight excluding hydrogens is 339 g/mol. The molecule has 1 aliphatic carbocycles. The van der Waals surface area contributed by atoms with E-state index in [9.17, 15) is 0 Å². The fraction of sp³-hybridized carbons (Fsp3) is 0.700. The molecule has 24 heavy (non-hydrogen) atoms. The van der Waals surface area contributed by atoms with Gasteiger partial charge in [-0.15, -0.1) is 0 Å². The molecule has 4 rings (SSSR count). The number of hydrogen-bond acceptors (Lipinski definition) is 0. The van der Waals surface area contributed by atoms with Crippen LogP contribution < -0.4 is 9.80 Å². The Balaban J connectivity index is 1.55. The van der Waals surface area contributed by atoms with Gasteiger partial charge in [-0.2, -0.15) is 0 Å². The summed E-state index contributed by atoms with van der Waals surface area (Å²) in [5.74, 6) is 0.940. The highest BCUT2D eigenvalue weighted by molar-refractivity contribution is 6.42. The molecule has 4 heteroatoms. The van der Waals surface area contributed by atoms with E-state index in [1.54, 1.807) is 0 Å². The van der Waals surface area contributed by atoms with Crippen LogP contribution in [-0.2, 0) is 6.54 Å². The molecular formula is C20H30Cl2N2+2. The van der Waals surface area contributed by atoms with E-state index in [1.165, 1.54) is 70.1 Å². The van der Waals surface area contributed by atoms with Crippen molar-refractivity contribution in [2.45, 2.75) is 63.6 Å². The molecule has 132 valence electrons. The Morgan fingerprint density at radius 1 is 0.875 bits per heavy atom.